The van der Waals surface area contributed by atoms with Gasteiger partial charge in [-0.2, -0.15) is 0 Å². The summed E-state index contributed by atoms with van der Waals surface area (Å²) in [5, 5.41) is 3.52. The van der Waals surface area contributed by atoms with Crippen LogP contribution in [-0.4, -0.2) is 54.5 Å². The molecule has 4 aromatic rings. The molecule has 230 valence electrons. The summed E-state index contributed by atoms with van der Waals surface area (Å²) >= 11 is 0.913. The third kappa shape index (κ3) is 7.83. The molecule has 1 unspecified atom stereocenters. The lowest BCUT2D eigenvalue weighted by atomic mass is 10.1. The molecule has 2 N–H and O–H groups in total. The summed E-state index contributed by atoms with van der Waals surface area (Å²) in [6.07, 6.45) is 3.42. The van der Waals surface area contributed by atoms with Gasteiger partial charge in [-0.05, 0) is 43.0 Å². The highest BCUT2D eigenvalue weighted by molar-refractivity contribution is 7.92. The number of halogens is 1. The highest BCUT2D eigenvalue weighted by Gasteiger charge is 2.37. The van der Waals surface area contributed by atoms with Gasteiger partial charge in [0, 0.05) is 23.4 Å². The Morgan fingerprint density at radius 3 is 2.57 bits per heavy atom. The average molecular weight is 639 g/mol. The largest absolute Gasteiger partial charge is 0.461 e. The first-order valence-corrected chi connectivity index (χ1v) is 16.7. The van der Waals surface area contributed by atoms with E-state index in [2.05, 4.69) is 20.6 Å². The number of hydrogen-bond donors (Lipinski definition) is 2. The van der Waals surface area contributed by atoms with E-state index in [1.165, 1.54) is 18.3 Å². The van der Waals surface area contributed by atoms with Crippen LogP contribution < -0.4 is 10.6 Å². The van der Waals surface area contributed by atoms with Crippen molar-refractivity contribution in [3.63, 3.8) is 0 Å². The van der Waals surface area contributed by atoms with Crippen molar-refractivity contribution in [2.75, 3.05) is 12.3 Å². The number of nitrogens with one attached hydrogen (secondary N) is 2. The van der Waals surface area contributed by atoms with Crippen molar-refractivity contribution >= 4 is 49.2 Å². The van der Waals surface area contributed by atoms with Crippen molar-refractivity contribution in [1.29, 1.82) is 0 Å². The molecule has 1 aliphatic rings. The van der Waals surface area contributed by atoms with Gasteiger partial charge in [0.15, 0.2) is 15.1 Å². The Bertz CT molecular complexity index is 1770. The van der Waals surface area contributed by atoms with Crippen LogP contribution in [0.25, 0.3) is 21.3 Å². The first-order chi connectivity index (χ1) is 21.1. The molecule has 2 amide bonds. The summed E-state index contributed by atoms with van der Waals surface area (Å²) in [5.41, 5.74) is 2.23. The molecule has 13 heteroatoms. The number of nitrogens with zero attached hydrogens (tertiary/aromatic N) is 2. The minimum Gasteiger partial charge on any atom is -0.461 e. The Hall–Kier alpha value is -4.23. The standard InChI is InChI=1S/C31H31FN4O6S2/c1-2-12-44(40,41)29(30(39)34-17-27(37)35-21-10-11-21)31-36-25-14-23(24(32)15-26(25)43-31)20-8-9-22(33-16-20)13-28(38)42-18-19-6-4-3-5-7-19/h3-9,14-16,21,29H,2,10-13,17-18H2,1H3,(H,34,39)(H,35,37). The van der Waals surface area contributed by atoms with E-state index in [0.717, 1.165) is 29.7 Å². The SMILES string of the molecule is CCCS(=O)(=O)C(C(=O)NCC(=O)NC1CC1)c1nc2cc(-c3ccc(CC(=O)OCc4ccccc4)nc3)c(F)cc2s1. The molecule has 1 fully saturated rings. The number of carbonyl (C=O) groups excluding carboxylic acids is 3. The number of pyridine rings is 1. The first kappa shape index (κ1) is 31.2. The predicted molar refractivity (Wildman–Crippen MR) is 164 cm³/mol. The van der Waals surface area contributed by atoms with Gasteiger partial charge in [0.05, 0.1) is 34.6 Å². The van der Waals surface area contributed by atoms with Gasteiger partial charge in [-0.25, -0.2) is 17.8 Å². The fraction of sp³-hybridized carbons (Fsp3) is 0.323. The Morgan fingerprint density at radius 1 is 1.11 bits per heavy atom. The zero-order chi connectivity index (χ0) is 31.3. The highest BCUT2D eigenvalue weighted by atomic mass is 32.2. The number of aromatic nitrogens is 2. The van der Waals surface area contributed by atoms with Gasteiger partial charge in [-0.3, -0.25) is 19.4 Å². The second-order valence-electron chi connectivity index (χ2n) is 10.5. The fourth-order valence-corrected chi connectivity index (χ4v) is 7.64. The van der Waals surface area contributed by atoms with Crippen LogP contribution in [0.3, 0.4) is 0 Å². The monoisotopic (exact) mass is 638 g/mol. The van der Waals surface area contributed by atoms with Crippen LogP contribution >= 0.6 is 11.3 Å². The molecule has 5 rings (SSSR count). The molecule has 2 aromatic heterocycles. The molecule has 44 heavy (non-hydrogen) atoms. The third-order valence-electron chi connectivity index (χ3n) is 6.87. The van der Waals surface area contributed by atoms with E-state index in [1.54, 1.807) is 19.1 Å². The molecule has 0 aliphatic heterocycles. The number of thiazole rings is 1. The number of sulfone groups is 1. The smallest absolute Gasteiger partial charge is 0.312 e. The average Bonchev–Trinajstić information content (AvgIpc) is 3.72. The highest BCUT2D eigenvalue weighted by Crippen LogP contribution is 2.35. The van der Waals surface area contributed by atoms with E-state index in [1.807, 2.05) is 30.3 Å². The lowest BCUT2D eigenvalue weighted by Gasteiger charge is -2.15. The van der Waals surface area contributed by atoms with Crippen molar-refractivity contribution in [3.8, 4) is 11.1 Å². The van der Waals surface area contributed by atoms with Gasteiger partial charge in [0.1, 0.15) is 17.4 Å². The Labute approximate surface area is 258 Å². The zero-order valence-corrected chi connectivity index (χ0v) is 25.5. The minimum atomic E-state index is -3.98. The maximum Gasteiger partial charge on any atom is 0.312 e. The van der Waals surface area contributed by atoms with Crippen LogP contribution in [0.2, 0.25) is 0 Å². The van der Waals surface area contributed by atoms with Crippen LogP contribution in [0, 0.1) is 5.82 Å². The van der Waals surface area contributed by atoms with Crippen LogP contribution in [0.5, 0.6) is 0 Å². The van der Waals surface area contributed by atoms with Gasteiger partial charge in [-0.1, -0.05) is 43.3 Å². The number of carbonyl (C=O) groups is 3. The van der Waals surface area contributed by atoms with E-state index in [4.69, 9.17) is 4.74 Å². The number of ether oxygens (including phenoxy) is 1. The molecule has 0 radical (unpaired) electrons. The summed E-state index contributed by atoms with van der Waals surface area (Å²) < 4.78 is 47.2. The third-order valence-corrected chi connectivity index (χ3v) is 10.2. The maximum atomic E-state index is 15.3. The van der Waals surface area contributed by atoms with Crippen LogP contribution in [0.4, 0.5) is 4.39 Å². The molecular formula is C31H31FN4O6S2. The van der Waals surface area contributed by atoms with Crippen molar-refractivity contribution in [2.45, 2.75) is 50.5 Å². The van der Waals surface area contributed by atoms with E-state index in [9.17, 15) is 22.8 Å². The molecular weight excluding hydrogens is 607 g/mol. The van der Waals surface area contributed by atoms with Gasteiger partial charge in [0.2, 0.25) is 11.8 Å². The summed E-state index contributed by atoms with van der Waals surface area (Å²) in [7, 11) is -3.98. The second kappa shape index (κ2) is 13.6. The number of esters is 1. The van der Waals surface area contributed by atoms with Gasteiger partial charge in [0.25, 0.3) is 0 Å². The van der Waals surface area contributed by atoms with Gasteiger partial charge >= 0.3 is 5.97 Å². The Kier molecular flexibility index (Phi) is 9.64. The fourth-order valence-electron chi connectivity index (χ4n) is 4.52. The molecule has 1 atom stereocenters. The number of fused-ring (bicyclic) bond motifs is 1. The zero-order valence-electron chi connectivity index (χ0n) is 23.9. The van der Waals surface area contributed by atoms with Crippen LogP contribution in [-0.2, 0) is 42.0 Å². The predicted octanol–water partition coefficient (Wildman–Crippen LogP) is 4.04. The summed E-state index contributed by atoms with van der Waals surface area (Å²) in [4.78, 5) is 46.2. The van der Waals surface area contributed by atoms with Gasteiger partial charge in [-0.15, -0.1) is 11.3 Å². The van der Waals surface area contributed by atoms with Gasteiger partial charge < -0.3 is 15.4 Å². The molecule has 2 heterocycles. The van der Waals surface area contributed by atoms with Crippen LogP contribution in [0.15, 0.2) is 60.8 Å². The van der Waals surface area contributed by atoms with Crippen molar-refractivity contribution in [2.24, 2.45) is 0 Å². The first-order valence-electron chi connectivity index (χ1n) is 14.2. The molecule has 2 aromatic carbocycles. The van der Waals surface area contributed by atoms with Crippen molar-refractivity contribution in [3.05, 3.63) is 82.9 Å². The van der Waals surface area contributed by atoms with E-state index >= 15 is 4.39 Å². The Morgan fingerprint density at radius 2 is 1.89 bits per heavy atom. The van der Waals surface area contributed by atoms with Crippen molar-refractivity contribution < 1.29 is 31.9 Å². The summed E-state index contributed by atoms with van der Waals surface area (Å²) in [6, 6.07) is 15.3. The quantitative estimate of drug-likeness (QED) is 0.209. The molecule has 1 saturated carbocycles. The van der Waals surface area contributed by atoms with E-state index in [0.29, 0.717) is 21.5 Å². The Balaban J connectivity index is 1.32. The number of rotatable bonds is 13. The normalized spacial score (nSPS) is 13.8. The minimum absolute atomic E-state index is 0.00686. The molecule has 0 saturated heterocycles. The molecule has 10 nitrogen and oxygen atoms in total. The summed E-state index contributed by atoms with van der Waals surface area (Å²) in [6.45, 7) is 1.48. The molecule has 1 aliphatic carbocycles. The maximum absolute atomic E-state index is 15.3. The van der Waals surface area contributed by atoms with Crippen LogP contribution in [0.1, 0.15) is 47.7 Å². The van der Waals surface area contributed by atoms with Crippen molar-refractivity contribution in [1.82, 2.24) is 20.6 Å². The topological polar surface area (TPSA) is 144 Å². The van der Waals surface area contributed by atoms with E-state index in [-0.39, 0.29) is 48.4 Å². The lowest BCUT2D eigenvalue weighted by molar-refractivity contribution is -0.144. The van der Waals surface area contributed by atoms with E-state index < -0.39 is 38.7 Å². The lowest BCUT2D eigenvalue weighted by Crippen LogP contribution is -2.41. The molecule has 0 bridgehead atoms. The number of benzene rings is 2. The number of hydrogen-bond acceptors (Lipinski definition) is 9. The molecule has 0 spiro atoms. The number of amides is 2. The summed E-state index contributed by atoms with van der Waals surface area (Å²) in [5.74, 6) is -2.54. The second-order valence-corrected chi connectivity index (χ2v) is 13.8.